The summed E-state index contributed by atoms with van der Waals surface area (Å²) in [5.41, 5.74) is 3.01. The summed E-state index contributed by atoms with van der Waals surface area (Å²) in [5, 5.41) is 13.2. The van der Waals surface area contributed by atoms with Crippen molar-refractivity contribution < 1.29 is 13.2 Å². The number of hydrogen-bond acceptors (Lipinski definition) is 8. The summed E-state index contributed by atoms with van der Waals surface area (Å²) in [6.45, 7) is 1.02. The van der Waals surface area contributed by atoms with Crippen LogP contribution in [0.25, 0.3) is 21.5 Å². The number of nitrogens with one attached hydrogen (secondary N) is 1. The van der Waals surface area contributed by atoms with Gasteiger partial charge in [-0.15, -0.1) is 11.3 Å². The van der Waals surface area contributed by atoms with Gasteiger partial charge in [0.05, 0.1) is 34.1 Å². The van der Waals surface area contributed by atoms with Crippen LogP contribution in [0.2, 0.25) is 0 Å². The predicted octanol–water partition coefficient (Wildman–Crippen LogP) is 3.28. The molecule has 5 heterocycles. The van der Waals surface area contributed by atoms with Gasteiger partial charge in [0.15, 0.2) is 0 Å². The fourth-order valence-electron chi connectivity index (χ4n) is 5.64. The summed E-state index contributed by atoms with van der Waals surface area (Å²) in [6, 6.07) is 9.06. The molecule has 0 radical (unpaired) electrons. The molecule has 0 saturated carbocycles. The molecular formula is C27H24F3N7O2S. The number of thiophene rings is 1. The highest BCUT2D eigenvalue weighted by atomic mass is 32.1. The van der Waals surface area contributed by atoms with Gasteiger partial charge in [0, 0.05) is 47.5 Å². The maximum Gasteiger partial charge on any atom is 0.406 e. The number of nitrogens with zero attached hydrogens (tertiary/aromatic N) is 6. The van der Waals surface area contributed by atoms with Crippen molar-refractivity contribution in [3.63, 3.8) is 0 Å². The van der Waals surface area contributed by atoms with Gasteiger partial charge in [-0.05, 0) is 49.6 Å². The average molecular weight is 568 g/mol. The lowest BCUT2D eigenvalue weighted by atomic mass is 9.92. The molecule has 1 fully saturated rings. The van der Waals surface area contributed by atoms with E-state index in [2.05, 4.69) is 26.3 Å². The zero-order chi connectivity index (χ0) is 28.0. The highest BCUT2D eigenvalue weighted by Gasteiger charge is 2.31. The average Bonchev–Trinajstić information content (AvgIpc) is 3.61. The summed E-state index contributed by atoms with van der Waals surface area (Å²) in [5.74, 6) is 0. The Kier molecular flexibility index (Phi) is 6.67. The third-order valence-corrected chi connectivity index (χ3v) is 8.46. The molecule has 206 valence electrons. The lowest BCUT2D eigenvalue weighted by molar-refractivity contribution is -0.141. The molecule has 0 amide bonds. The molecular weight excluding hydrogens is 543 g/mol. The van der Waals surface area contributed by atoms with Gasteiger partial charge >= 0.3 is 11.9 Å². The number of fused-ring (bicyclic) bond motifs is 2. The zero-order valence-electron chi connectivity index (χ0n) is 21.2. The summed E-state index contributed by atoms with van der Waals surface area (Å²) in [7, 11) is 0. The van der Waals surface area contributed by atoms with Crippen molar-refractivity contribution in [1.82, 2.24) is 24.4 Å². The summed E-state index contributed by atoms with van der Waals surface area (Å²) in [4.78, 5) is 37.2. The molecule has 2 aliphatic heterocycles. The van der Waals surface area contributed by atoms with Crippen molar-refractivity contribution in [3.05, 3.63) is 73.6 Å². The van der Waals surface area contributed by atoms with Crippen molar-refractivity contribution in [3.8, 4) is 17.3 Å². The molecule has 0 unspecified atom stereocenters. The Morgan fingerprint density at radius 3 is 2.80 bits per heavy atom. The Labute approximate surface area is 230 Å². The lowest BCUT2D eigenvalue weighted by Gasteiger charge is -2.37. The van der Waals surface area contributed by atoms with E-state index in [1.165, 1.54) is 17.7 Å². The molecule has 2 aliphatic rings. The fraction of sp³-hybridized carbons (Fsp3) is 0.370. The number of benzene rings is 1. The normalized spacial score (nSPS) is 17.2. The molecule has 1 atom stereocenters. The molecule has 1 saturated heterocycles. The Morgan fingerprint density at radius 1 is 1.20 bits per heavy atom. The standard InChI is InChI=1S/C27H24F3N7O2S/c28-27(29,30)14-35-7-4-22(38)37(26(35)39)13-19-10-21-25(40-19)23(34-15-33-21)20-9-16(11-31)8-17-2-1-6-36(24(17)20)18-3-5-32-12-18/h4,7-10,15,18,32H,1-3,5-6,12-14H2/t18-/m1/s1. The Hall–Kier alpha value is -4.02. The van der Waals surface area contributed by atoms with E-state index in [9.17, 15) is 28.0 Å². The molecule has 4 aromatic rings. The van der Waals surface area contributed by atoms with Crippen LogP contribution in [0, 0.1) is 11.3 Å². The van der Waals surface area contributed by atoms with Gasteiger partial charge < -0.3 is 10.2 Å². The number of hydrogen-bond donors (Lipinski definition) is 1. The van der Waals surface area contributed by atoms with Crippen LogP contribution in [0.5, 0.6) is 0 Å². The van der Waals surface area contributed by atoms with Crippen LogP contribution in [-0.2, 0) is 19.5 Å². The first-order valence-electron chi connectivity index (χ1n) is 12.9. The lowest BCUT2D eigenvalue weighted by Crippen LogP contribution is -2.41. The minimum Gasteiger partial charge on any atom is -0.366 e. The number of aryl methyl sites for hydroxylation is 1. The minimum atomic E-state index is -4.60. The van der Waals surface area contributed by atoms with E-state index in [4.69, 9.17) is 0 Å². The Balaban J connectivity index is 1.45. The van der Waals surface area contributed by atoms with Gasteiger partial charge in [-0.2, -0.15) is 18.4 Å². The molecule has 13 heteroatoms. The van der Waals surface area contributed by atoms with Crippen LogP contribution in [0.4, 0.5) is 18.9 Å². The van der Waals surface area contributed by atoms with Gasteiger partial charge in [-0.3, -0.25) is 13.9 Å². The summed E-state index contributed by atoms with van der Waals surface area (Å²) < 4.78 is 40.8. The maximum absolute atomic E-state index is 12.9. The van der Waals surface area contributed by atoms with E-state index in [0.29, 0.717) is 37.0 Å². The van der Waals surface area contributed by atoms with Gasteiger partial charge in [0.1, 0.15) is 12.9 Å². The van der Waals surface area contributed by atoms with Gasteiger partial charge in [-0.1, -0.05) is 0 Å². The predicted molar refractivity (Wildman–Crippen MR) is 145 cm³/mol. The van der Waals surface area contributed by atoms with Crippen molar-refractivity contribution in [2.24, 2.45) is 0 Å². The molecule has 1 N–H and O–H groups in total. The van der Waals surface area contributed by atoms with Crippen molar-refractivity contribution in [2.45, 2.75) is 44.6 Å². The van der Waals surface area contributed by atoms with Crippen LogP contribution < -0.4 is 21.5 Å². The second-order valence-corrected chi connectivity index (χ2v) is 11.1. The first kappa shape index (κ1) is 26.2. The number of nitriles is 1. The van der Waals surface area contributed by atoms with Crippen LogP contribution >= 0.6 is 11.3 Å². The smallest absolute Gasteiger partial charge is 0.366 e. The fourth-order valence-corrected chi connectivity index (χ4v) is 6.74. The van der Waals surface area contributed by atoms with Gasteiger partial charge in [0.25, 0.3) is 5.56 Å². The molecule has 1 aromatic carbocycles. The maximum atomic E-state index is 12.9. The summed E-state index contributed by atoms with van der Waals surface area (Å²) >= 11 is 1.28. The molecule has 3 aromatic heterocycles. The largest absolute Gasteiger partial charge is 0.406 e. The van der Waals surface area contributed by atoms with Gasteiger partial charge in [0.2, 0.25) is 0 Å². The van der Waals surface area contributed by atoms with Crippen molar-refractivity contribution >= 4 is 27.2 Å². The van der Waals surface area contributed by atoms with E-state index >= 15 is 0 Å². The third-order valence-electron chi connectivity index (χ3n) is 7.35. The van der Waals surface area contributed by atoms with E-state index < -0.39 is 24.0 Å². The molecule has 40 heavy (non-hydrogen) atoms. The van der Waals surface area contributed by atoms with Crippen molar-refractivity contribution in [2.75, 3.05) is 24.5 Å². The third kappa shape index (κ3) is 4.89. The first-order chi connectivity index (χ1) is 19.2. The highest BCUT2D eigenvalue weighted by Crippen LogP contribution is 2.43. The molecule has 6 rings (SSSR count). The summed E-state index contributed by atoms with van der Waals surface area (Å²) in [6.07, 6.45) is 0.541. The van der Waals surface area contributed by atoms with E-state index in [1.54, 1.807) is 6.07 Å². The Bertz CT molecular complexity index is 1760. The zero-order valence-corrected chi connectivity index (χ0v) is 22.1. The SMILES string of the molecule is N#Cc1cc2c(c(-c3ncnc4cc(Cn5c(=O)ccn(CC(F)(F)F)c5=O)sc34)c1)N([C@@H]1CCNC1)CCC2. The van der Waals surface area contributed by atoms with Crippen molar-refractivity contribution in [1.29, 1.82) is 5.26 Å². The Morgan fingerprint density at radius 2 is 2.05 bits per heavy atom. The topological polar surface area (TPSA) is 109 Å². The van der Waals surface area contributed by atoms with E-state index in [0.717, 1.165) is 72.5 Å². The number of halogens is 3. The number of aromatic nitrogens is 4. The number of anilines is 1. The number of alkyl halides is 3. The number of rotatable bonds is 5. The monoisotopic (exact) mass is 567 g/mol. The van der Waals surface area contributed by atoms with Gasteiger partial charge in [-0.25, -0.2) is 14.8 Å². The van der Waals surface area contributed by atoms with Crippen LogP contribution in [0.1, 0.15) is 28.8 Å². The molecule has 0 bridgehead atoms. The molecule has 9 nitrogen and oxygen atoms in total. The minimum absolute atomic E-state index is 0.201. The van der Waals surface area contributed by atoms with Crippen LogP contribution in [0.3, 0.4) is 0 Å². The molecule has 0 aliphatic carbocycles. The molecule has 0 spiro atoms. The van der Waals surface area contributed by atoms with E-state index in [1.807, 2.05) is 12.1 Å². The second-order valence-electron chi connectivity index (χ2n) is 10.0. The second kappa shape index (κ2) is 10.2. The van der Waals surface area contributed by atoms with E-state index in [-0.39, 0.29) is 6.54 Å². The highest BCUT2D eigenvalue weighted by molar-refractivity contribution is 7.19. The quantitative estimate of drug-likeness (QED) is 0.394. The van der Waals surface area contributed by atoms with Crippen LogP contribution in [0.15, 0.2) is 46.4 Å². The van der Waals surface area contributed by atoms with Crippen LogP contribution in [-0.4, -0.2) is 51.0 Å². The first-order valence-corrected chi connectivity index (χ1v) is 13.7.